The van der Waals surface area contributed by atoms with Crippen LogP contribution in [0.1, 0.15) is 39.5 Å². The van der Waals surface area contributed by atoms with Crippen LogP contribution < -0.4 is 5.73 Å². The van der Waals surface area contributed by atoms with Gasteiger partial charge in [0.15, 0.2) is 0 Å². The molecule has 0 saturated carbocycles. The maximum absolute atomic E-state index is 5.85. The second-order valence-corrected chi connectivity index (χ2v) is 3.84. The second-order valence-electron chi connectivity index (χ2n) is 3.84. The van der Waals surface area contributed by atoms with Gasteiger partial charge in [-0.3, -0.25) is 0 Å². The summed E-state index contributed by atoms with van der Waals surface area (Å²) in [4.78, 5) is 2.60. The molecule has 12 heavy (non-hydrogen) atoms. The highest BCUT2D eigenvalue weighted by atomic mass is 15.2. The first-order valence-corrected chi connectivity index (χ1v) is 5.27. The molecule has 0 unspecified atom stereocenters. The monoisotopic (exact) mass is 170 g/mol. The molecule has 2 N–H and O–H groups in total. The second kappa shape index (κ2) is 4.83. The molecule has 0 amide bonds. The fourth-order valence-corrected chi connectivity index (χ4v) is 2.09. The van der Waals surface area contributed by atoms with E-state index in [2.05, 4.69) is 18.7 Å². The number of piperidine rings is 1. The van der Waals surface area contributed by atoms with Crippen molar-refractivity contribution in [3.63, 3.8) is 0 Å². The van der Waals surface area contributed by atoms with Crippen molar-refractivity contribution in [2.24, 2.45) is 5.73 Å². The van der Waals surface area contributed by atoms with Crippen molar-refractivity contribution in [1.29, 1.82) is 0 Å². The zero-order chi connectivity index (χ0) is 8.97. The van der Waals surface area contributed by atoms with Crippen molar-refractivity contribution < 1.29 is 0 Å². The molecular formula is C10H22N2. The third-order valence-corrected chi connectivity index (χ3v) is 3.03. The molecule has 0 aromatic rings. The van der Waals surface area contributed by atoms with Gasteiger partial charge in [0, 0.05) is 12.1 Å². The van der Waals surface area contributed by atoms with Crippen LogP contribution in [0.3, 0.4) is 0 Å². The molecular weight excluding hydrogens is 148 g/mol. The van der Waals surface area contributed by atoms with E-state index < -0.39 is 0 Å². The molecule has 0 aromatic heterocycles. The lowest BCUT2D eigenvalue weighted by atomic mass is 10.0. The van der Waals surface area contributed by atoms with Crippen molar-refractivity contribution in [1.82, 2.24) is 4.90 Å². The minimum atomic E-state index is 0.468. The van der Waals surface area contributed by atoms with Gasteiger partial charge >= 0.3 is 0 Å². The van der Waals surface area contributed by atoms with Gasteiger partial charge in [-0.1, -0.05) is 13.8 Å². The van der Waals surface area contributed by atoms with Gasteiger partial charge in [-0.15, -0.1) is 0 Å². The van der Waals surface area contributed by atoms with E-state index in [1.54, 1.807) is 0 Å². The van der Waals surface area contributed by atoms with Gasteiger partial charge in [0.25, 0.3) is 0 Å². The molecule has 72 valence electrons. The van der Waals surface area contributed by atoms with Gasteiger partial charge in [-0.2, -0.15) is 0 Å². The molecule has 1 rings (SSSR count). The third kappa shape index (κ3) is 2.46. The highest BCUT2D eigenvalue weighted by Crippen LogP contribution is 2.15. The zero-order valence-electron chi connectivity index (χ0n) is 8.42. The summed E-state index contributed by atoms with van der Waals surface area (Å²) in [5.41, 5.74) is 5.85. The van der Waals surface area contributed by atoms with Crippen molar-refractivity contribution in [2.45, 2.75) is 51.6 Å². The van der Waals surface area contributed by atoms with Crippen LogP contribution in [0.15, 0.2) is 0 Å². The maximum Gasteiger partial charge on any atom is 0.00900 e. The quantitative estimate of drug-likeness (QED) is 0.697. The first kappa shape index (κ1) is 10.0. The fraction of sp³-hybridized carbons (Fsp3) is 1.00. The predicted molar refractivity (Wildman–Crippen MR) is 53.2 cm³/mol. The standard InChI is InChI=1S/C10H22N2/c1-3-10(4-2)12-7-5-9(11)6-8-12/h9-10H,3-8,11H2,1-2H3. The van der Waals surface area contributed by atoms with Crippen molar-refractivity contribution in [2.75, 3.05) is 13.1 Å². The average Bonchev–Trinajstić information content (AvgIpc) is 2.10. The van der Waals surface area contributed by atoms with Crippen LogP contribution in [-0.4, -0.2) is 30.1 Å². The highest BCUT2D eigenvalue weighted by molar-refractivity contribution is 4.78. The third-order valence-electron chi connectivity index (χ3n) is 3.03. The molecule has 0 spiro atoms. The Hall–Kier alpha value is -0.0800. The largest absolute Gasteiger partial charge is 0.328 e. The van der Waals surface area contributed by atoms with Gasteiger partial charge in [0.1, 0.15) is 0 Å². The molecule has 0 aliphatic carbocycles. The lowest BCUT2D eigenvalue weighted by molar-refractivity contribution is 0.145. The molecule has 0 aromatic carbocycles. The molecule has 1 aliphatic heterocycles. The average molecular weight is 170 g/mol. The summed E-state index contributed by atoms with van der Waals surface area (Å²) in [6.45, 7) is 6.99. The SMILES string of the molecule is CCC(CC)N1CCC(N)CC1. The topological polar surface area (TPSA) is 29.3 Å². The van der Waals surface area contributed by atoms with Crippen LogP contribution in [0, 0.1) is 0 Å². The number of nitrogens with two attached hydrogens (primary N) is 1. The Morgan fingerprint density at radius 2 is 1.75 bits per heavy atom. The van der Waals surface area contributed by atoms with Crippen LogP contribution in [0.4, 0.5) is 0 Å². The van der Waals surface area contributed by atoms with E-state index in [1.807, 2.05) is 0 Å². The fourth-order valence-electron chi connectivity index (χ4n) is 2.09. The minimum Gasteiger partial charge on any atom is -0.328 e. The number of hydrogen-bond donors (Lipinski definition) is 1. The highest BCUT2D eigenvalue weighted by Gasteiger charge is 2.20. The number of hydrogen-bond acceptors (Lipinski definition) is 2. The normalized spacial score (nSPS) is 22.0. The lowest BCUT2D eigenvalue weighted by Crippen LogP contribution is -2.44. The molecule has 2 nitrogen and oxygen atoms in total. The molecule has 0 atom stereocenters. The Balaban J connectivity index is 2.32. The Kier molecular flexibility index (Phi) is 4.02. The summed E-state index contributed by atoms with van der Waals surface area (Å²) in [6, 6.07) is 1.27. The maximum atomic E-state index is 5.85. The van der Waals surface area contributed by atoms with Crippen molar-refractivity contribution in [3.8, 4) is 0 Å². The summed E-state index contributed by atoms with van der Waals surface area (Å²) < 4.78 is 0. The van der Waals surface area contributed by atoms with Gasteiger partial charge in [-0.25, -0.2) is 0 Å². The van der Waals surface area contributed by atoms with Gasteiger partial charge in [0.05, 0.1) is 0 Å². The number of nitrogens with zero attached hydrogens (tertiary/aromatic N) is 1. The smallest absolute Gasteiger partial charge is 0.00900 e. The van der Waals surface area contributed by atoms with E-state index in [9.17, 15) is 0 Å². The van der Waals surface area contributed by atoms with E-state index in [-0.39, 0.29) is 0 Å². The predicted octanol–water partition coefficient (Wildman–Crippen LogP) is 1.60. The summed E-state index contributed by atoms with van der Waals surface area (Å²) in [5, 5.41) is 0. The Morgan fingerprint density at radius 1 is 1.25 bits per heavy atom. The van der Waals surface area contributed by atoms with E-state index in [1.165, 1.54) is 38.8 Å². The number of rotatable bonds is 3. The lowest BCUT2D eigenvalue weighted by Gasteiger charge is -2.35. The van der Waals surface area contributed by atoms with Crippen molar-refractivity contribution in [3.05, 3.63) is 0 Å². The number of likely N-dealkylation sites (tertiary alicyclic amines) is 1. The first-order chi connectivity index (χ1) is 5.77. The van der Waals surface area contributed by atoms with Crippen LogP contribution in [0.5, 0.6) is 0 Å². The first-order valence-electron chi connectivity index (χ1n) is 5.27. The van der Waals surface area contributed by atoms with Gasteiger partial charge in [0.2, 0.25) is 0 Å². The van der Waals surface area contributed by atoms with Crippen LogP contribution >= 0.6 is 0 Å². The van der Waals surface area contributed by atoms with E-state index in [4.69, 9.17) is 5.73 Å². The Bertz CT molecular complexity index is 113. The molecule has 0 radical (unpaired) electrons. The molecule has 1 heterocycles. The molecule has 1 saturated heterocycles. The van der Waals surface area contributed by atoms with Crippen LogP contribution in [-0.2, 0) is 0 Å². The summed E-state index contributed by atoms with van der Waals surface area (Å²) in [5.74, 6) is 0. The van der Waals surface area contributed by atoms with Crippen LogP contribution in [0.25, 0.3) is 0 Å². The molecule has 2 heteroatoms. The van der Waals surface area contributed by atoms with E-state index in [0.29, 0.717) is 6.04 Å². The zero-order valence-corrected chi connectivity index (χ0v) is 8.42. The van der Waals surface area contributed by atoms with E-state index in [0.717, 1.165) is 6.04 Å². The summed E-state index contributed by atoms with van der Waals surface area (Å²) in [7, 11) is 0. The van der Waals surface area contributed by atoms with Gasteiger partial charge < -0.3 is 10.6 Å². The van der Waals surface area contributed by atoms with Gasteiger partial charge in [-0.05, 0) is 38.8 Å². The van der Waals surface area contributed by atoms with Crippen LogP contribution in [0.2, 0.25) is 0 Å². The Labute approximate surface area is 76.1 Å². The summed E-state index contributed by atoms with van der Waals surface area (Å²) in [6.07, 6.45) is 4.95. The minimum absolute atomic E-state index is 0.468. The molecule has 1 fully saturated rings. The van der Waals surface area contributed by atoms with E-state index >= 15 is 0 Å². The summed E-state index contributed by atoms with van der Waals surface area (Å²) >= 11 is 0. The Morgan fingerprint density at radius 3 is 2.17 bits per heavy atom. The molecule has 1 aliphatic rings. The van der Waals surface area contributed by atoms with Crippen molar-refractivity contribution >= 4 is 0 Å². The molecule has 0 bridgehead atoms.